The van der Waals surface area contributed by atoms with E-state index in [2.05, 4.69) is 15.3 Å². The van der Waals surface area contributed by atoms with Gasteiger partial charge < -0.3 is 9.64 Å². The number of likely N-dealkylation sites (tertiary alicyclic amines) is 1. The zero-order valence-electron chi connectivity index (χ0n) is 12.7. The summed E-state index contributed by atoms with van der Waals surface area (Å²) in [6.07, 6.45) is 8.46. The normalized spacial score (nSPS) is 21.3. The SMILES string of the molecule is CO[C@H]1CCN(C(=O)c2ccnnc2)[C@H]1Cc1cnn(C)c1. The number of amides is 1. The van der Waals surface area contributed by atoms with Gasteiger partial charge in [-0.05, 0) is 24.5 Å². The second kappa shape index (κ2) is 6.23. The van der Waals surface area contributed by atoms with Gasteiger partial charge in [0.1, 0.15) is 0 Å². The number of hydrogen-bond donors (Lipinski definition) is 0. The van der Waals surface area contributed by atoms with Crippen molar-refractivity contribution < 1.29 is 9.53 Å². The standard InChI is InChI=1S/C15H19N5O2/c1-19-10-11(8-18-19)7-13-14(22-2)4-6-20(13)15(21)12-3-5-16-17-9-12/h3,5,8-10,13-14H,4,6-7H2,1-2H3/t13-,14-/m0/s1. The van der Waals surface area contributed by atoms with Gasteiger partial charge in [-0.1, -0.05) is 0 Å². The summed E-state index contributed by atoms with van der Waals surface area (Å²) in [6, 6.07) is 1.70. The molecule has 116 valence electrons. The largest absolute Gasteiger partial charge is 0.379 e. The van der Waals surface area contributed by atoms with Gasteiger partial charge in [-0.2, -0.15) is 15.3 Å². The maximum Gasteiger partial charge on any atom is 0.255 e. The van der Waals surface area contributed by atoms with Gasteiger partial charge >= 0.3 is 0 Å². The Labute approximate surface area is 128 Å². The van der Waals surface area contributed by atoms with Crippen molar-refractivity contribution in [1.82, 2.24) is 24.9 Å². The first-order valence-electron chi connectivity index (χ1n) is 7.27. The molecule has 1 amide bonds. The molecule has 7 heteroatoms. The highest BCUT2D eigenvalue weighted by atomic mass is 16.5. The third-order valence-corrected chi connectivity index (χ3v) is 4.08. The topological polar surface area (TPSA) is 73.1 Å². The summed E-state index contributed by atoms with van der Waals surface area (Å²) in [4.78, 5) is 14.6. The average molecular weight is 301 g/mol. The second-order valence-corrected chi connectivity index (χ2v) is 5.49. The first kappa shape index (κ1) is 14.6. The minimum atomic E-state index is -0.0247. The van der Waals surface area contributed by atoms with E-state index in [1.54, 1.807) is 17.9 Å². The number of rotatable bonds is 4. The molecule has 0 unspecified atom stereocenters. The van der Waals surface area contributed by atoms with Crippen molar-refractivity contribution in [1.29, 1.82) is 0 Å². The van der Waals surface area contributed by atoms with E-state index < -0.39 is 0 Å². The van der Waals surface area contributed by atoms with Gasteiger partial charge in [0.15, 0.2) is 0 Å². The average Bonchev–Trinajstić information content (AvgIpc) is 3.14. The molecular formula is C15H19N5O2. The van der Waals surface area contributed by atoms with Crippen LogP contribution in [0.2, 0.25) is 0 Å². The molecule has 2 aromatic rings. The molecule has 0 saturated carbocycles. The van der Waals surface area contributed by atoms with Crippen LogP contribution in [0.1, 0.15) is 22.3 Å². The smallest absolute Gasteiger partial charge is 0.255 e. The van der Waals surface area contributed by atoms with Crippen LogP contribution in [0.25, 0.3) is 0 Å². The number of methoxy groups -OCH3 is 1. The Bertz CT molecular complexity index is 642. The third kappa shape index (κ3) is 2.85. The molecule has 1 saturated heterocycles. The quantitative estimate of drug-likeness (QED) is 0.830. The van der Waals surface area contributed by atoms with E-state index in [1.807, 2.05) is 24.3 Å². The zero-order chi connectivity index (χ0) is 15.5. The molecule has 1 aliphatic rings. The highest BCUT2D eigenvalue weighted by Crippen LogP contribution is 2.25. The molecule has 0 radical (unpaired) electrons. The van der Waals surface area contributed by atoms with Crippen LogP contribution >= 0.6 is 0 Å². The Balaban J connectivity index is 1.81. The van der Waals surface area contributed by atoms with Gasteiger partial charge in [0.2, 0.25) is 0 Å². The number of aryl methyl sites for hydroxylation is 1. The molecule has 22 heavy (non-hydrogen) atoms. The predicted octanol–water partition coefficient (Wildman–Crippen LogP) is 0.682. The first-order chi connectivity index (χ1) is 10.7. The minimum Gasteiger partial charge on any atom is -0.379 e. The molecule has 2 aromatic heterocycles. The Morgan fingerprint density at radius 3 is 2.91 bits per heavy atom. The van der Waals surface area contributed by atoms with Crippen molar-refractivity contribution in [2.24, 2.45) is 7.05 Å². The van der Waals surface area contributed by atoms with E-state index in [0.717, 1.165) is 18.4 Å². The number of aromatic nitrogens is 4. The zero-order valence-corrected chi connectivity index (χ0v) is 12.7. The van der Waals surface area contributed by atoms with Crippen molar-refractivity contribution in [3.05, 3.63) is 42.0 Å². The highest BCUT2D eigenvalue weighted by molar-refractivity contribution is 5.94. The van der Waals surface area contributed by atoms with Crippen molar-refractivity contribution in [3.8, 4) is 0 Å². The van der Waals surface area contributed by atoms with E-state index in [9.17, 15) is 4.79 Å². The number of carbonyl (C=O) groups excluding carboxylic acids is 1. The fraction of sp³-hybridized carbons (Fsp3) is 0.467. The lowest BCUT2D eigenvalue weighted by atomic mass is 10.0. The minimum absolute atomic E-state index is 0.00913. The molecule has 7 nitrogen and oxygen atoms in total. The van der Waals surface area contributed by atoms with Gasteiger partial charge in [0, 0.05) is 26.9 Å². The number of ether oxygens (including phenoxy) is 1. The van der Waals surface area contributed by atoms with Gasteiger partial charge in [-0.15, -0.1) is 0 Å². The van der Waals surface area contributed by atoms with E-state index >= 15 is 0 Å². The van der Waals surface area contributed by atoms with E-state index in [0.29, 0.717) is 12.1 Å². The summed E-state index contributed by atoms with van der Waals surface area (Å²) in [7, 11) is 3.58. The fourth-order valence-electron chi connectivity index (χ4n) is 3.00. The number of hydrogen-bond acceptors (Lipinski definition) is 5. The van der Waals surface area contributed by atoms with Crippen molar-refractivity contribution in [2.75, 3.05) is 13.7 Å². The summed E-state index contributed by atoms with van der Waals surface area (Å²) >= 11 is 0. The summed E-state index contributed by atoms with van der Waals surface area (Å²) in [5.74, 6) is -0.0247. The van der Waals surface area contributed by atoms with E-state index in [4.69, 9.17) is 4.74 Å². The Morgan fingerprint density at radius 2 is 2.27 bits per heavy atom. The lowest BCUT2D eigenvalue weighted by Gasteiger charge is -2.27. The number of carbonyl (C=O) groups is 1. The van der Waals surface area contributed by atoms with Crippen molar-refractivity contribution in [2.45, 2.75) is 25.0 Å². The Kier molecular flexibility index (Phi) is 4.15. The molecule has 0 spiro atoms. The molecule has 1 aliphatic heterocycles. The molecule has 0 aliphatic carbocycles. The molecular weight excluding hydrogens is 282 g/mol. The van der Waals surface area contributed by atoms with E-state index in [-0.39, 0.29) is 18.1 Å². The lowest BCUT2D eigenvalue weighted by Crippen LogP contribution is -2.41. The molecule has 0 bridgehead atoms. The van der Waals surface area contributed by atoms with Gasteiger partial charge in [0.25, 0.3) is 5.91 Å². The second-order valence-electron chi connectivity index (χ2n) is 5.49. The maximum atomic E-state index is 12.7. The highest BCUT2D eigenvalue weighted by Gasteiger charge is 2.37. The van der Waals surface area contributed by atoms with Crippen LogP contribution in [0.15, 0.2) is 30.9 Å². The lowest BCUT2D eigenvalue weighted by molar-refractivity contribution is 0.0508. The monoisotopic (exact) mass is 301 g/mol. The van der Waals surface area contributed by atoms with Crippen molar-refractivity contribution in [3.63, 3.8) is 0 Å². The molecule has 0 N–H and O–H groups in total. The summed E-state index contributed by atoms with van der Waals surface area (Å²) in [5.41, 5.74) is 1.66. The summed E-state index contributed by atoms with van der Waals surface area (Å²) in [5, 5.41) is 11.7. The molecule has 1 fully saturated rings. The first-order valence-corrected chi connectivity index (χ1v) is 7.27. The molecule has 3 rings (SSSR count). The van der Waals surface area contributed by atoms with Crippen LogP contribution in [0.5, 0.6) is 0 Å². The molecule has 0 aromatic carbocycles. The third-order valence-electron chi connectivity index (χ3n) is 4.08. The Hall–Kier alpha value is -2.28. The molecule has 2 atom stereocenters. The van der Waals surface area contributed by atoms with Crippen LogP contribution in [0.4, 0.5) is 0 Å². The van der Waals surface area contributed by atoms with Gasteiger partial charge in [0.05, 0.1) is 36.3 Å². The van der Waals surface area contributed by atoms with E-state index in [1.165, 1.54) is 12.4 Å². The Morgan fingerprint density at radius 1 is 1.41 bits per heavy atom. The van der Waals surface area contributed by atoms with Crippen molar-refractivity contribution >= 4 is 5.91 Å². The number of nitrogens with zero attached hydrogens (tertiary/aromatic N) is 5. The van der Waals surface area contributed by atoms with Crippen LogP contribution in [0.3, 0.4) is 0 Å². The van der Waals surface area contributed by atoms with Gasteiger partial charge in [-0.3, -0.25) is 9.48 Å². The van der Waals surface area contributed by atoms with Crippen LogP contribution in [-0.4, -0.2) is 56.6 Å². The van der Waals surface area contributed by atoms with Crippen LogP contribution < -0.4 is 0 Å². The molecule has 3 heterocycles. The maximum absolute atomic E-state index is 12.7. The van der Waals surface area contributed by atoms with Crippen LogP contribution in [-0.2, 0) is 18.2 Å². The summed E-state index contributed by atoms with van der Waals surface area (Å²) < 4.78 is 7.34. The van der Waals surface area contributed by atoms with Crippen LogP contribution in [0, 0.1) is 0 Å². The fourth-order valence-corrected chi connectivity index (χ4v) is 3.00. The predicted molar refractivity (Wildman–Crippen MR) is 79.2 cm³/mol. The van der Waals surface area contributed by atoms with Gasteiger partial charge in [-0.25, -0.2) is 0 Å². The summed E-state index contributed by atoms with van der Waals surface area (Å²) in [6.45, 7) is 0.685.